The number of carbonyl (C=O) groups is 1. The lowest BCUT2D eigenvalue weighted by Crippen LogP contribution is -2.36. The zero-order valence-corrected chi connectivity index (χ0v) is 12.1. The number of ether oxygens (including phenoxy) is 1. The Morgan fingerprint density at radius 2 is 2.21 bits per heavy atom. The van der Waals surface area contributed by atoms with Crippen molar-refractivity contribution in [2.45, 2.75) is 26.3 Å². The first-order valence-electron chi connectivity index (χ1n) is 6.41. The van der Waals surface area contributed by atoms with Gasteiger partial charge in [0.1, 0.15) is 5.75 Å². The molecule has 19 heavy (non-hydrogen) atoms. The van der Waals surface area contributed by atoms with Crippen molar-refractivity contribution >= 4 is 17.3 Å². The van der Waals surface area contributed by atoms with Crippen LogP contribution in [0, 0.1) is 0 Å². The predicted octanol–water partition coefficient (Wildman–Crippen LogP) is 1.95. The maximum absolute atomic E-state index is 12.0. The highest BCUT2D eigenvalue weighted by molar-refractivity contribution is 5.94. The highest BCUT2D eigenvalue weighted by atomic mass is 16.5. The molecule has 0 radical (unpaired) electrons. The SMILES string of the molecule is CCC(C)N(C)CC(=O)Nc1cc(N)ccc1OC. The molecule has 1 unspecified atom stereocenters. The Balaban J connectivity index is 2.69. The smallest absolute Gasteiger partial charge is 0.238 e. The summed E-state index contributed by atoms with van der Waals surface area (Å²) in [4.78, 5) is 14.0. The van der Waals surface area contributed by atoms with Crippen molar-refractivity contribution in [3.8, 4) is 5.75 Å². The Hall–Kier alpha value is -1.75. The number of nitrogens with two attached hydrogens (primary N) is 1. The van der Waals surface area contributed by atoms with Gasteiger partial charge in [0.05, 0.1) is 19.3 Å². The molecule has 0 aliphatic carbocycles. The summed E-state index contributed by atoms with van der Waals surface area (Å²) in [7, 11) is 3.50. The monoisotopic (exact) mass is 265 g/mol. The topological polar surface area (TPSA) is 67.6 Å². The highest BCUT2D eigenvalue weighted by Crippen LogP contribution is 2.26. The van der Waals surface area contributed by atoms with Crippen LogP contribution in [0.5, 0.6) is 5.75 Å². The summed E-state index contributed by atoms with van der Waals surface area (Å²) < 4.78 is 5.19. The van der Waals surface area contributed by atoms with Crippen molar-refractivity contribution in [2.24, 2.45) is 0 Å². The Kier molecular flexibility index (Phi) is 5.63. The van der Waals surface area contributed by atoms with Crippen LogP contribution in [0.2, 0.25) is 0 Å². The summed E-state index contributed by atoms with van der Waals surface area (Å²) in [5.74, 6) is 0.528. The van der Waals surface area contributed by atoms with Crippen molar-refractivity contribution in [1.82, 2.24) is 4.90 Å². The summed E-state index contributed by atoms with van der Waals surface area (Å²) in [6.45, 7) is 4.53. The van der Waals surface area contributed by atoms with Crippen LogP contribution in [0.3, 0.4) is 0 Å². The fourth-order valence-corrected chi connectivity index (χ4v) is 1.71. The molecule has 0 saturated heterocycles. The van der Waals surface area contributed by atoms with Crippen molar-refractivity contribution < 1.29 is 9.53 Å². The molecule has 1 atom stereocenters. The molecule has 0 aromatic heterocycles. The van der Waals surface area contributed by atoms with E-state index in [2.05, 4.69) is 19.2 Å². The van der Waals surface area contributed by atoms with Gasteiger partial charge in [-0.2, -0.15) is 0 Å². The molecule has 0 bridgehead atoms. The van der Waals surface area contributed by atoms with Gasteiger partial charge in [-0.15, -0.1) is 0 Å². The van der Waals surface area contributed by atoms with E-state index in [0.717, 1.165) is 6.42 Å². The summed E-state index contributed by atoms with van der Waals surface area (Å²) >= 11 is 0. The van der Waals surface area contributed by atoms with E-state index >= 15 is 0 Å². The molecule has 5 nitrogen and oxygen atoms in total. The molecular formula is C14H23N3O2. The van der Waals surface area contributed by atoms with Crippen LogP contribution in [-0.4, -0.2) is 37.6 Å². The van der Waals surface area contributed by atoms with Gasteiger partial charge in [0.25, 0.3) is 0 Å². The Bertz CT molecular complexity index is 435. The van der Waals surface area contributed by atoms with E-state index in [9.17, 15) is 4.79 Å². The van der Waals surface area contributed by atoms with E-state index in [1.165, 1.54) is 0 Å². The number of anilines is 2. The quantitative estimate of drug-likeness (QED) is 0.771. The minimum Gasteiger partial charge on any atom is -0.495 e. The lowest BCUT2D eigenvalue weighted by molar-refractivity contribution is -0.117. The van der Waals surface area contributed by atoms with Crippen LogP contribution >= 0.6 is 0 Å². The van der Waals surface area contributed by atoms with Crippen molar-refractivity contribution in [2.75, 3.05) is 31.8 Å². The summed E-state index contributed by atoms with van der Waals surface area (Å²) in [5, 5.41) is 2.83. The van der Waals surface area contributed by atoms with E-state index in [4.69, 9.17) is 10.5 Å². The minimum absolute atomic E-state index is 0.0771. The first kappa shape index (κ1) is 15.3. The summed E-state index contributed by atoms with van der Waals surface area (Å²) in [5.41, 5.74) is 6.90. The second kappa shape index (κ2) is 6.99. The number of likely N-dealkylation sites (N-methyl/N-ethyl adjacent to an activating group) is 1. The van der Waals surface area contributed by atoms with Crippen LogP contribution in [0.4, 0.5) is 11.4 Å². The number of benzene rings is 1. The third-order valence-corrected chi connectivity index (χ3v) is 3.23. The van der Waals surface area contributed by atoms with Gasteiger partial charge >= 0.3 is 0 Å². The van der Waals surface area contributed by atoms with Crippen LogP contribution in [-0.2, 0) is 4.79 Å². The first-order valence-corrected chi connectivity index (χ1v) is 6.41. The molecule has 1 aromatic rings. The van der Waals surface area contributed by atoms with E-state index < -0.39 is 0 Å². The molecule has 0 fully saturated rings. The molecule has 106 valence electrons. The fourth-order valence-electron chi connectivity index (χ4n) is 1.71. The van der Waals surface area contributed by atoms with E-state index in [1.807, 2.05) is 11.9 Å². The van der Waals surface area contributed by atoms with Gasteiger partial charge < -0.3 is 15.8 Å². The zero-order chi connectivity index (χ0) is 14.4. The molecule has 1 amide bonds. The van der Waals surface area contributed by atoms with E-state index in [0.29, 0.717) is 29.7 Å². The molecular weight excluding hydrogens is 242 g/mol. The molecule has 0 aliphatic heterocycles. The maximum Gasteiger partial charge on any atom is 0.238 e. The van der Waals surface area contributed by atoms with E-state index in [1.54, 1.807) is 25.3 Å². The van der Waals surface area contributed by atoms with Crippen molar-refractivity contribution in [3.63, 3.8) is 0 Å². The van der Waals surface area contributed by atoms with Crippen LogP contribution in [0.15, 0.2) is 18.2 Å². The van der Waals surface area contributed by atoms with Crippen LogP contribution in [0.1, 0.15) is 20.3 Å². The summed E-state index contributed by atoms with van der Waals surface area (Å²) in [6.07, 6.45) is 1.01. The Morgan fingerprint density at radius 1 is 1.53 bits per heavy atom. The number of methoxy groups -OCH3 is 1. The maximum atomic E-state index is 12.0. The molecule has 0 saturated carbocycles. The number of amides is 1. The largest absolute Gasteiger partial charge is 0.495 e. The highest BCUT2D eigenvalue weighted by Gasteiger charge is 2.13. The molecule has 1 aromatic carbocycles. The molecule has 1 rings (SSSR count). The second-order valence-corrected chi connectivity index (χ2v) is 4.68. The van der Waals surface area contributed by atoms with Gasteiger partial charge in [-0.25, -0.2) is 0 Å². The normalized spacial score (nSPS) is 12.3. The number of nitrogens with one attached hydrogen (secondary N) is 1. The number of rotatable bonds is 6. The fraction of sp³-hybridized carbons (Fsp3) is 0.500. The minimum atomic E-state index is -0.0771. The van der Waals surface area contributed by atoms with Gasteiger partial charge in [-0.3, -0.25) is 9.69 Å². The average Bonchev–Trinajstić information content (AvgIpc) is 2.37. The average molecular weight is 265 g/mol. The third kappa shape index (κ3) is 4.44. The molecule has 3 N–H and O–H groups in total. The molecule has 5 heteroatoms. The van der Waals surface area contributed by atoms with Gasteiger partial charge in [-0.05, 0) is 38.6 Å². The van der Waals surface area contributed by atoms with Gasteiger partial charge in [0.2, 0.25) is 5.91 Å². The Labute approximate surface area is 114 Å². The lowest BCUT2D eigenvalue weighted by atomic mass is 10.2. The second-order valence-electron chi connectivity index (χ2n) is 4.68. The molecule has 0 spiro atoms. The number of nitrogen functional groups attached to an aromatic ring is 1. The van der Waals surface area contributed by atoms with Gasteiger partial charge in [0.15, 0.2) is 0 Å². The predicted molar refractivity (Wildman–Crippen MR) is 78.4 cm³/mol. The third-order valence-electron chi connectivity index (χ3n) is 3.23. The first-order chi connectivity index (χ1) is 8.97. The van der Waals surface area contributed by atoms with E-state index in [-0.39, 0.29) is 5.91 Å². The number of hydrogen-bond donors (Lipinski definition) is 2. The Morgan fingerprint density at radius 3 is 2.79 bits per heavy atom. The summed E-state index contributed by atoms with van der Waals surface area (Å²) in [6, 6.07) is 5.54. The molecule has 0 heterocycles. The lowest BCUT2D eigenvalue weighted by Gasteiger charge is -2.22. The van der Waals surface area contributed by atoms with Gasteiger partial charge in [-0.1, -0.05) is 6.92 Å². The number of nitrogens with zero attached hydrogens (tertiary/aromatic N) is 1. The van der Waals surface area contributed by atoms with Crippen molar-refractivity contribution in [1.29, 1.82) is 0 Å². The van der Waals surface area contributed by atoms with Crippen LogP contribution < -0.4 is 15.8 Å². The zero-order valence-electron chi connectivity index (χ0n) is 12.1. The standard InChI is InChI=1S/C14H23N3O2/c1-5-10(2)17(3)9-14(18)16-12-8-11(15)6-7-13(12)19-4/h6-8,10H,5,9,15H2,1-4H3,(H,16,18). The molecule has 0 aliphatic rings. The van der Waals surface area contributed by atoms with Crippen molar-refractivity contribution in [3.05, 3.63) is 18.2 Å². The van der Waals surface area contributed by atoms with Gasteiger partial charge in [0, 0.05) is 11.7 Å². The van der Waals surface area contributed by atoms with Crippen LogP contribution in [0.25, 0.3) is 0 Å². The number of hydrogen-bond acceptors (Lipinski definition) is 4. The number of carbonyl (C=O) groups excluding carboxylic acids is 1.